The molecule has 1 aliphatic heterocycles. The molecule has 1 aromatic rings. The minimum atomic E-state index is -0.270. The van der Waals surface area contributed by atoms with E-state index in [4.69, 9.17) is 0 Å². The van der Waals surface area contributed by atoms with E-state index in [0.717, 1.165) is 56.4 Å². The van der Waals surface area contributed by atoms with E-state index >= 15 is 0 Å². The zero-order valence-electron chi connectivity index (χ0n) is 16.2. The van der Waals surface area contributed by atoms with Gasteiger partial charge in [0.25, 0.3) is 0 Å². The highest BCUT2D eigenvalue weighted by atomic mass is 32.1. The third-order valence-corrected chi connectivity index (χ3v) is 8.69. The first kappa shape index (κ1) is 17.7. The lowest BCUT2D eigenvalue weighted by Crippen LogP contribution is -2.57. The summed E-state index contributed by atoms with van der Waals surface area (Å²) in [5, 5.41) is 5.20. The summed E-state index contributed by atoms with van der Waals surface area (Å²) >= 11 is 1.67. The van der Waals surface area contributed by atoms with Gasteiger partial charge in [0.15, 0.2) is 0 Å². The molecule has 5 aliphatic rings. The number of carbonyl (C=O) groups is 2. The predicted molar refractivity (Wildman–Crippen MR) is 106 cm³/mol. The van der Waals surface area contributed by atoms with Crippen LogP contribution < -0.4 is 5.32 Å². The maximum absolute atomic E-state index is 13.7. The van der Waals surface area contributed by atoms with Crippen molar-refractivity contribution in [2.45, 2.75) is 70.4 Å². The maximum atomic E-state index is 13.7. The normalized spacial score (nSPS) is 38.2. The number of rotatable bonds is 4. The minimum absolute atomic E-state index is 0.00889. The van der Waals surface area contributed by atoms with E-state index in [1.54, 1.807) is 11.3 Å². The SMILES string of the molecule is CC(NC(=O)C1CCCN1C(=O)C12CC3CC(CC(C3)C1)C2)c1cccs1. The van der Waals surface area contributed by atoms with Crippen molar-refractivity contribution in [1.82, 2.24) is 10.2 Å². The lowest BCUT2D eigenvalue weighted by Gasteiger charge is -2.56. The Morgan fingerprint density at radius 3 is 2.44 bits per heavy atom. The number of nitrogens with one attached hydrogen (secondary N) is 1. The van der Waals surface area contributed by atoms with E-state index < -0.39 is 0 Å². The van der Waals surface area contributed by atoms with Crippen LogP contribution in [0.3, 0.4) is 0 Å². The summed E-state index contributed by atoms with van der Waals surface area (Å²) in [6, 6.07) is 3.81. The third kappa shape index (κ3) is 3.02. The van der Waals surface area contributed by atoms with E-state index in [1.807, 2.05) is 23.3 Å². The second-order valence-electron chi connectivity index (χ2n) is 9.60. The number of hydrogen-bond acceptors (Lipinski definition) is 3. The monoisotopic (exact) mass is 386 g/mol. The Bertz CT molecular complexity index is 693. The molecule has 146 valence electrons. The van der Waals surface area contributed by atoms with Crippen molar-refractivity contribution in [2.75, 3.05) is 6.54 Å². The van der Waals surface area contributed by atoms with E-state index in [1.165, 1.54) is 24.1 Å². The topological polar surface area (TPSA) is 49.4 Å². The average Bonchev–Trinajstić information content (AvgIpc) is 3.31. The molecule has 0 aromatic carbocycles. The Labute approximate surface area is 165 Å². The van der Waals surface area contributed by atoms with E-state index in [2.05, 4.69) is 11.4 Å². The second kappa shape index (κ2) is 6.61. The fourth-order valence-corrected chi connectivity index (χ4v) is 7.61. The number of amides is 2. The largest absolute Gasteiger partial charge is 0.347 e. The molecule has 4 saturated carbocycles. The molecular weight excluding hydrogens is 356 g/mol. The number of likely N-dealkylation sites (tertiary alicyclic amines) is 1. The minimum Gasteiger partial charge on any atom is -0.347 e. The standard InChI is InChI=1S/C22H30N2O2S/c1-14(19-5-3-7-27-19)23-20(25)18-4-2-6-24(18)21(26)22-11-15-8-16(12-22)10-17(9-15)13-22/h3,5,7,14-18H,2,4,6,8-13H2,1H3,(H,23,25). The molecule has 5 heteroatoms. The first-order valence-corrected chi connectivity index (χ1v) is 11.6. The zero-order chi connectivity index (χ0) is 18.6. The van der Waals surface area contributed by atoms with Gasteiger partial charge in [-0.25, -0.2) is 0 Å². The highest BCUT2D eigenvalue weighted by Gasteiger charge is 2.56. The zero-order valence-corrected chi connectivity index (χ0v) is 17.0. The molecule has 0 radical (unpaired) electrons. The third-order valence-electron chi connectivity index (χ3n) is 7.64. The van der Waals surface area contributed by atoms with Crippen LogP contribution in [0.25, 0.3) is 0 Å². The Hall–Kier alpha value is -1.36. The summed E-state index contributed by atoms with van der Waals surface area (Å²) in [5.41, 5.74) is -0.142. The van der Waals surface area contributed by atoms with Crippen LogP contribution in [0, 0.1) is 23.2 Å². The molecule has 5 fully saturated rings. The molecule has 2 atom stereocenters. The summed E-state index contributed by atoms with van der Waals surface area (Å²) in [6.45, 7) is 2.79. The molecule has 4 aliphatic carbocycles. The summed E-state index contributed by atoms with van der Waals surface area (Å²) in [4.78, 5) is 29.8. The predicted octanol–water partition coefficient (Wildman–Crippen LogP) is 4.13. The summed E-state index contributed by atoms with van der Waals surface area (Å²) < 4.78 is 0. The number of hydrogen-bond donors (Lipinski definition) is 1. The van der Waals surface area contributed by atoms with Crippen molar-refractivity contribution >= 4 is 23.2 Å². The van der Waals surface area contributed by atoms with Crippen LogP contribution in [0.2, 0.25) is 0 Å². The van der Waals surface area contributed by atoms with Crippen LogP contribution in [-0.2, 0) is 9.59 Å². The highest BCUT2D eigenvalue weighted by Crippen LogP contribution is 2.60. The van der Waals surface area contributed by atoms with Crippen molar-refractivity contribution in [3.05, 3.63) is 22.4 Å². The van der Waals surface area contributed by atoms with Crippen molar-refractivity contribution < 1.29 is 9.59 Å². The average molecular weight is 387 g/mol. The first-order valence-electron chi connectivity index (χ1n) is 10.7. The fraction of sp³-hybridized carbons (Fsp3) is 0.727. The number of carbonyl (C=O) groups excluding carboxylic acids is 2. The van der Waals surface area contributed by atoms with E-state index in [0.29, 0.717) is 5.91 Å². The lowest BCUT2D eigenvalue weighted by molar-refractivity contribution is -0.160. The summed E-state index contributed by atoms with van der Waals surface area (Å²) in [5.74, 6) is 2.62. The van der Waals surface area contributed by atoms with Crippen molar-refractivity contribution in [2.24, 2.45) is 23.2 Å². The van der Waals surface area contributed by atoms with Gasteiger partial charge in [0.1, 0.15) is 6.04 Å². The van der Waals surface area contributed by atoms with Gasteiger partial charge < -0.3 is 10.2 Å². The van der Waals surface area contributed by atoms with E-state index in [9.17, 15) is 9.59 Å². The van der Waals surface area contributed by atoms with Crippen LogP contribution in [0.5, 0.6) is 0 Å². The van der Waals surface area contributed by atoms with Gasteiger partial charge in [-0.3, -0.25) is 9.59 Å². The van der Waals surface area contributed by atoms with Gasteiger partial charge in [-0.15, -0.1) is 11.3 Å². The smallest absolute Gasteiger partial charge is 0.243 e. The second-order valence-corrected chi connectivity index (χ2v) is 10.6. The molecule has 4 nitrogen and oxygen atoms in total. The molecule has 2 amide bonds. The Morgan fingerprint density at radius 2 is 1.85 bits per heavy atom. The Kier molecular flexibility index (Phi) is 4.34. The highest BCUT2D eigenvalue weighted by molar-refractivity contribution is 7.10. The molecular formula is C22H30N2O2S. The summed E-state index contributed by atoms with van der Waals surface area (Å²) in [7, 11) is 0. The maximum Gasteiger partial charge on any atom is 0.243 e. The van der Waals surface area contributed by atoms with Gasteiger partial charge >= 0.3 is 0 Å². The number of thiophene rings is 1. The van der Waals surface area contributed by atoms with Crippen molar-refractivity contribution in [3.63, 3.8) is 0 Å². The van der Waals surface area contributed by atoms with Crippen LogP contribution in [0.1, 0.15) is 69.2 Å². The molecule has 2 unspecified atom stereocenters. The molecule has 27 heavy (non-hydrogen) atoms. The van der Waals surface area contributed by atoms with Gasteiger partial charge in [0, 0.05) is 11.4 Å². The molecule has 4 bridgehead atoms. The van der Waals surface area contributed by atoms with Gasteiger partial charge in [0.05, 0.1) is 11.5 Å². The molecule has 1 N–H and O–H groups in total. The Morgan fingerprint density at radius 1 is 1.19 bits per heavy atom. The van der Waals surface area contributed by atoms with Gasteiger partial charge in [-0.05, 0) is 87.5 Å². The Balaban J connectivity index is 1.31. The molecule has 2 heterocycles. The molecule has 6 rings (SSSR count). The molecule has 0 spiro atoms. The van der Waals surface area contributed by atoms with Crippen molar-refractivity contribution in [1.29, 1.82) is 0 Å². The first-order chi connectivity index (χ1) is 13.0. The van der Waals surface area contributed by atoms with Gasteiger partial charge in [-0.2, -0.15) is 0 Å². The van der Waals surface area contributed by atoms with Crippen LogP contribution in [0.4, 0.5) is 0 Å². The number of nitrogens with zero attached hydrogens (tertiary/aromatic N) is 1. The van der Waals surface area contributed by atoms with Crippen molar-refractivity contribution in [3.8, 4) is 0 Å². The molecule has 1 aromatic heterocycles. The molecule has 1 saturated heterocycles. The van der Waals surface area contributed by atoms with Crippen LogP contribution >= 0.6 is 11.3 Å². The quantitative estimate of drug-likeness (QED) is 0.846. The fourth-order valence-electron chi connectivity index (χ4n) is 6.88. The van der Waals surface area contributed by atoms with E-state index in [-0.39, 0.29) is 23.4 Å². The lowest BCUT2D eigenvalue weighted by atomic mass is 9.49. The van der Waals surface area contributed by atoms with Crippen LogP contribution in [0.15, 0.2) is 17.5 Å². The van der Waals surface area contributed by atoms with Crippen LogP contribution in [-0.4, -0.2) is 29.3 Å². The van der Waals surface area contributed by atoms with Gasteiger partial charge in [-0.1, -0.05) is 6.07 Å². The van der Waals surface area contributed by atoms with Gasteiger partial charge in [0.2, 0.25) is 11.8 Å². The summed E-state index contributed by atoms with van der Waals surface area (Å²) in [6.07, 6.45) is 9.01.